The standard InChI is InChI=1S/C21H23F3N2O2/c1-13(25-14(2)27)15-3-6-17(7-4-15)28-18-9-10-26(12-18)20-11-16(21(23)24)5-8-19(20)22/h3-8,11,13,18,21H,9-10,12H2,1-2H3,(H,25,27). The maximum Gasteiger partial charge on any atom is 0.263 e. The van der Waals surface area contributed by atoms with Crippen LogP contribution in [0.4, 0.5) is 18.9 Å². The molecule has 0 saturated carbocycles. The molecule has 2 unspecified atom stereocenters. The molecule has 0 bridgehead atoms. The van der Waals surface area contributed by atoms with Crippen molar-refractivity contribution < 1.29 is 22.7 Å². The maximum atomic E-state index is 14.1. The smallest absolute Gasteiger partial charge is 0.263 e. The van der Waals surface area contributed by atoms with Gasteiger partial charge in [0.2, 0.25) is 5.91 Å². The van der Waals surface area contributed by atoms with Crippen LogP contribution in [0.25, 0.3) is 0 Å². The summed E-state index contributed by atoms with van der Waals surface area (Å²) in [7, 11) is 0. The van der Waals surface area contributed by atoms with E-state index >= 15 is 0 Å². The third kappa shape index (κ3) is 4.77. The minimum Gasteiger partial charge on any atom is -0.489 e. The number of nitrogens with zero attached hydrogens (tertiary/aromatic N) is 1. The second-order valence-electron chi connectivity index (χ2n) is 6.98. The van der Waals surface area contributed by atoms with E-state index in [-0.39, 0.29) is 29.3 Å². The normalized spacial score (nSPS) is 17.6. The summed E-state index contributed by atoms with van der Waals surface area (Å²) >= 11 is 0. The topological polar surface area (TPSA) is 41.6 Å². The Morgan fingerprint density at radius 2 is 1.86 bits per heavy atom. The number of halogens is 3. The van der Waals surface area contributed by atoms with Gasteiger partial charge in [-0.1, -0.05) is 18.2 Å². The molecule has 0 radical (unpaired) electrons. The van der Waals surface area contributed by atoms with Gasteiger partial charge in [-0.2, -0.15) is 0 Å². The Bertz CT molecular complexity index is 827. The number of amides is 1. The molecule has 2 aromatic rings. The largest absolute Gasteiger partial charge is 0.489 e. The highest BCUT2D eigenvalue weighted by Crippen LogP contribution is 2.30. The molecule has 0 aliphatic carbocycles. The molecule has 1 aliphatic heterocycles. The molecule has 3 rings (SSSR count). The fourth-order valence-corrected chi connectivity index (χ4v) is 3.37. The number of hydrogen-bond donors (Lipinski definition) is 1. The maximum absolute atomic E-state index is 14.1. The molecule has 0 aromatic heterocycles. The third-order valence-electron chi connectivity index (χ3n) is 4.81. The van der Waals surface area contributed by atoms with Crippen LogP contribution < -0.4 is 15.0 Å². The molecule has 150 valence electrons. The van der Waals surface area contributed by atoms with Crippen LogP contribution in [-0.2, 0) is 4.79 Å². The number of carbonyl (C=O) groups excluding carboxylic acids is 1. The Labute approximate surface area is 162 Å². The fraction of sp³-hybridized carbons (Fsp3) is 0.381. The van der Waals surface area contributed by atoms with Gasteiger partial charge < -0.3 is 15.0 Å². The van der Waals surface area contributed by atoms with E-state index in [1.165, 1.54) is 13.0 Å². The predicted molar refractivity (Wildman–Crippen MR) is 101 cm³/mol. The fourth-order valence-electron chi connectivity index (χ4n) is 3.37. The molecule has 2 aromatic carbocycles. The molecule has 1 heterocycles. The molecule has 1 amide bonds. The highest BCUT2D eigenvalue weighted by molar-refractivity contribution is 5.73. The number of nitrogens with one attached hydrogen (secondary N) is 1. The summed E-state index contributed by atoms with van der Waals surface area (Å²) in [6.07, 6.45) is -2.12. The highest BCUT2D eigenvalue weighted by Gasteiger charge is 2.27. The van der Waals surface area contributed by atoms with Crippen LogP contribution in [0.5, 0.6) is 5.75 Å². The molecule has 28 heavy (non-hydrogen) atoms. The van der Waals surface area contributed by atoms with Crippen molar-refractivity contribution in [2.75, 3.05) is 18.0 Å². The van der Waals surface area contributed by atoms with Crippen molar-refractivity contribution in [1.82, 2.24) is 5.32 Å². The lowest BCUT2D eigenvalue weighted by atomic mass is 10.1. The first-order valence-corrected chi connectivity index (χ1v) is 9.19. The van der Waals surface area contributed by atoms with Crippen molar-refractivity contribution in [1.29, 1.82) is 0 Å². The van der Waals surface area contributed by atoms with Gasteiger partial charge in [-0.3, -0.25) is 4.79 Å². The molecule has 4 nitrogen and oxygen atoms in total. The van der Waals surface area contributed by atoms with Crippen LogP contribution in [0, 0.1) is 5.82 Å². The number of hydrogen-bond acceptors (Lipinski definition) is 3. The van der Waals surface area contributed by atoms with Gasteiger partial charge in [-0.25, -0.2) is 13.2 Å². The molecule has 1 N–H and O–H groups in total. The molecule has 2 atom stereocenters. The van der Waals surface area contributed by atoms with Crippen molar-refractivity contribution in [3.05, 3.63) is 59.4 Å². The molecule has 1 aliphatic rings. The van der Waals surface area contributed by atoms with Gasteiger partial charge in [-0.15, -0.1) is 0 Å². The number of anilines is 1. The van der Waals surface area contributed by atoms with Gasteiger partial charge in [0, 0.05) is 25.5 Å². The summed E-state index contributed by atoms with van der Waals surface area (Å²) < 4.78 is 45.9. The quantitative estimate of drug-likeness (QED) is 0.780. The number of rotatable bonds is 6. The van der Waals surface area contributed by atoms with Gasteiger partial charge in [-0.05, 0) is 36.8 Å². The van der Waals surface area contributed by atoms with E-state index in [1.54, 1.807) is 4.90 Å². The first-order valence-electron chi connectivity index (χ1n) is 9.19. The van der Waals surface area contributed by atoms with Gasteiger partial charge in [0.15, 0.2) is 0 Å². The average molecular weight is 392 g/mol. The molecule has 7 heteroatoms. The number of benzene rings is 2. The van der Waals surface area contributed by atoms with Crippen molar-refractivity contribution in [3.8, 4) is 5.75 Å². The van der Waals surface area contributed by atoms with Crippen molar-refractivity contribution >= 4 is 11.6 Å². The monoisotopic (exact) mass is 392 g/mol. The summed E-state index contributed by atoms with van der Waals surface area (Å²) in [4.78, 5) is 12.9. The van der Waals surface area contributed by atoms with E-state index in [4.69, 9.17) is 4.74 Å². The second-order valence-corrected chi connectivity index (χ2v) is 6.98. The Balaban J connectivity index is 1.62. The van der Waals surface area contributed by atoms with Crippen LogP contribution >= 0.6 is 0 Å². The van der Waals surface area contributed by atoms with Gasteiger partial charge >= 0.3 is 0 Å². The number of alkyl halides is 2. The Morgan fingerprint density at radius 3 is 2.50 bits per heavy atom. The third-order valence-corrected chi connectivity index (χ3v) is 4.81. The summed E-state index contributed by atoms with van der Waals surface area (Å²) in [6.45, 7) is 4.33. The lowest BCUT2D eigenvalue weighted by Gasteiger charge is -2.20. The van der Waals surface area contributed by atoms with Gasteiger partial charge in [0.1, 0.15) is 17.7 Å². The summed E-state index contributed by atoms with van der Waals surface area (Å²) in [5.74, 6) is 0.0656. The van der Waals surface area contributed by atoms with E-state index in [0.717, 1.165) is 17.7 Å². The van der Waals surface area contributed by atoms with Gasteiger partial charge in [0.05, 0.1) is 18.3 Å². The van der Waals surface area contributed by atoms with Crippen molar-refractivity contribution in [3.63, 3.8) is 0 Å². The summed E-state index contributed by atoms with van der Waals surface area (Å²) in [5.41, 5.74) is 0.953. The molecule has 1 saturated heterocycles. The lowest BCUT2D eigenvalue weighted by molar-refractivity contribution is -0.119. The SMILES string of the molecule is CC(=O)NC(C)c1ccc(OC2CCN(c3cc(C(F)F)ccc3F)C2)cc1. The number of ether oxygens (including phenoxy) is 1. The van der Waals surface area contributed by atoms with Crippen molar-refractivity contribution in [2.45, 2.75) is 38.8 Å². The van der Waals surface area contributed by atoms with E-state index in [1.807, 2.05) is 31.2 Å². The predicted octanol–water partition coefficient (Wildman–Crippen LogP) is 4.62. The average Bonchev–Trinajstić information content (AvgIpc) is 3.10. The van der Waals surface area contributed by atoms with E-state index < -0.39 is 12.2 Å². The summed E-state index contributed by atoms with van der Waals surface area (Å²) in [6, 6.07) is 10.7. The van der Waals surface area contributed by atoms with E-state index in [2.05, 4.69) is 5.32 Å². The first-order chi connectivity index (χ1) is 13.3. The second kappa shape index (κ2) is 8.54. The van der Waals surface area contributed by atoms with Gasteiger partial charge in [0.25, 0.3) is 6.43 Å². The molecule has 1 fully saturated rings. The van der Waals surface area contributed by atoms with Crippen LogP contribution in [0.1, 0.15) is 43.9 Å². The van der Waals surface area contributed by atoms with E-state index in [9.17, 15) is 18.0 Å². The Hall–Kier alpha value is -2.70. The van der Waals surface area contributed by atoms with Crippen LogP contribution in [0.3, 0.4) is 0 Å². The molecular formula is C21H23F3N2O2. The minimum absolute atomic E-state index is 0.0954. The van der Waals surface area contributed by atoms with Crippen molar-refractivity contribution in [2.24, 2.45) is 0 Å². The van der Waals surface area contributed by atoms with Crippen LogP contribution in [0.15, 0.2) is 42.5 Å². The zero-order valence-electron chi connectivity index (χ0n) is 15.8. The minimum atomic E-state index is -2.63. The lowest BCUT2D eigenvalue weighted by Crippen LogP contribution is -2.25. The van der Waals surface area contributed by atoms with Crippen LogP contribution in [-0.4, -0.2) is 25.1 Å². The highest BCUT2D eigenvalue weighted by atomic mass is 19.3. The Morgan fingerprint density at radius 1 is 1.18 bits per heavy atom. The zero-order valence-corrected chi connectivity index (χ0v) is 15.8. The zero-order chi connectivity index (χ0) is 20.3. The van der Waals surface area contributed by atoms with E-state index in [0.29, 0.717) is 25.3 Å². The van der Waals surface area contributed by atoms with Crippen LogP contribution in [0.2, 0.25) is 0 Å². The summed E-state index contributed by atoms with van der Waals surface area (Å²) in [5, 5.41) is 2.82. The molecular weight excluding hydrogens is 369 g/mol. The Kier molecular flexibility index (Phi) is 6.11. The first kappa shape index (κ1) is 20.0. The number of carbonyl (C=O) groups is 1. The molecule has 0 spiro atoms.